The van der Waals surface area contributed by atoms with E-state index in [9.17, 15) is 13.2 Å². The summed E-state index contributed by atoms with van der Waals surface area (Å²) in [5.41, 5.74) is -0.724. The molecule has 0 saturated heterocycles. The maximum atomic E-state index is 12.7. The third kappa shape index (κ3) is 3.33. The van der Waals surface area contributed by atoms with Gasteiger partial charge in [-0.1, -0.05) is 12.1 Å². The van der Waals surface area contributed by atoms with Crippen molar-refractivity contribution in [2.75, 3.05) is 5.32 Å². The van der Waals surface area contributed by atoms with Gasteiger partial charge in [-0.2, -0.15) is 13.2 Å². The Labute approximate surface area is 102 Å². The van der Waals surface area contributed by atoms with Crippen LogP contribution in [0.4, 0.5) is 18.9 Å². The SMILES string of the molecule is FC(F)(F)c1ccccc1NC(=S)NC1CC1. The van der Waals surface area contributed by atoms with E-state index in [-0.39, 0.29) is 10.8 Å². The first kappa shape index (κ1) is 12.2. The minimum Gasteiger partial charge on any atom is -0.360 e. The van der Waals surface area contributed by atoms with Gasteiger partial charge in [-0.05, 0) is 37.2 Å². The van der Waals surface area contributed by atoms with Crippen LogP contribution in [0.15, 0.2) is 24.3 Å². The summed E-state index contributed by atoms with van der Waals surface area (Å²) >= 11 is 4.95. The van der Waals surface area contributed by atoms with Crippen molar-refractivity contribution < 1.29 is 13.2 Å². The first-order chi connectivity index (χ1) is 7.97. The number of rotatable bonds is 2. The summed E-state index contributed by atoms with van der Waals surface area (Å²) < 4.78 is 38.0. The molecule has 17 heavy (non-hydrogen) atoms. The van der Waals surface area contributed by atoms with Crippen LogP contribution < -0.4 is 10.6 Å². The van der Waals surface area contributed by atoms with E-state index in [1.54, 1.807) is 0 Å². The van der Waals surface area contributed by atoms with Crippen molar-refractivity contribution in [1.29, 1.82) is 0 Å². The van der Waals surface area contributed by atoms with Gasteiger partial charge >= 0.3 is 6.18 Å². The molecule has 0 aliphatic heterocycles. The molecule has 2 nitrogen and oxygen atoms in total. The Balaban J connectivity index is 2.11. The average Bonchev–Trinajstić information content (AvgIpc) is 3.00. The van der Waals surface area contributed by atoms with Crippen LogP contribution in [0.1, 0.15) is 18.4 Å². The van der Waals surface area contributed by atoms with Crippen LogP contribution in [-0.2, 0) is 6.18 Å². The highest BCUT2D eigenvalue weighted by Crippen LogP contribution is 2.34. The predicted octanol–water partition coefficient (Wildman–Crippen LogP) is 3.15. The molecule has 1 aliphatic rings. The van der Waals surface area contributed by atoms with Crippen LogP contribution in [0.3, 0.4) is 0 Å². The summed E-state index contributed by atoms with van der Waals surface area (Å²) in [5, 5.41) is 5.76. The van der Waals surface area contributed by atoms with Crippen molar-refractivity contribution in [2.45, 2.75) is 25.1 Å². The van der Waals surface area contributed by atoms with Crippen LogP contribution in [-0.4, -0.2) is 11.2 Å². The summed E-state index contributed by atoms with van der Waals surface area (Å²) in [5.74, 6) is 0. The summed E-state index contributed by atoms with van der Waals surface area (Å²) in [4.78, 5) is 0. The Morgan fingerprint density at radius 3 is 2.47 bits per heavy atom. The number of halogens is 3. The first-order valence-corrected chi connectivity index (χ1v) is 5.61. The fourth-order valence-corrected chi connectivity index (χ4v) is 1.69. The first-order valence-electron chi connectivity index (χ1n) is 5.20. The van der Waals surface area contributed by atoms with E-state index in [4.69, 9.17) is 12.2 Å². The number of benzene rings is 1. The van der Waals surface area contributed by atoms with Crippen molar-refractivity contribution in [2.24, 2.45) is 0 Å². The van der Waals surface area contributed by atoms with Gasteiger partial charge in [-0.15, -0.1) is 0 Å². The van der Waals surface area contributed by atoms with E-state index < -0.39 is 11.7 Å². The molecule has 1 aromatic carbocycles. The van der Waals surface area contributed by atoms with E-state index in [1.807, 2.05) is 0 Å². The average molecular weight is 260 g/mol. The zero-order chi connectivity index (χ0) is 12.5. The maximum absolute atomic E-state index is 12.7. The minimum atomic E-state index is -4.38. The molecule has 1 saturated carbocycles. The van der Waals surface area contributed by atoms with Crippen LogP contribution >= 0.6 is 12.2 Å². The van der Waals surface area contributed by atoms with Gasteiger partial charge in [-0.25, -0.2) is 0 Å². The van der Waals surface area contributed by atoms with Crippen LogP contribution in [0.5, 0.6) is 0 Å². The van der Waals surface area contributed by atoms with E-state index >= 15 is 0 Å². The second-order valence-electron chi connectivity index (χ2n) is 3.92. The van der Waals surface area contributed by atoms with Crippen molar-refractivity contribution in [3.8, 4) is 0 Å². The maximum Gasteiger partial charge on any atom is 0.418 e. The Bertz CT molecular complexity index is 427. The number of hydrogen-bond donors (Lipinski definition) is 2. The molecule has 0 unspecified atom stereocenters. The Hall–Kier alpha value is -1.30. The number of nitrogens with one attached hydrogen (secondary N) is 2. The van der Waals surface area contributed by atoms with E-state index in [1.165, 1.54) is 18.2 Å². The topological polar surface area (TPSA) is 24.1 Å². The monoisotopic (exact) mass is 260 g/mol. The lowest BCUT2D eigenvalue weighted by Gasteiger charge is -2.15. The third-order valence-electron chi connectivity index (χ3n) is 2.39. The van der Waals surface area contributed by atoms with Gasteiger partial charge in [0.2, 0.25) is 0 Å². The number of alkyl halides is 3. The number of hydrogen-bond acceptors (Lipinski definition) is 1. The second-order valence-corrected chi connectivity index (χ2v) is 4.32. The lowest BCUT2D eigenvalue weighted by Crippen LogP contribution is -2.30. The zero-order valence-electron chi connectivity index (χ0n) is 8.84. The number of anilines is 1. The highest BCUT2D eigenvalue weighted by molar-refractivity contribution is 7.80. The molecule has 2 rings (SSSR count). The molecule has 92 valence electrons. The number of thiocarbonyl (C=S) groups is 1. The molecule has 0 amide bonds. The normalized spacial score (nSPS) is 15.5. The molecule has 2 N–H and O–H groups in total. The molecule has 6 heteroatoms. The van der Waals surface area contributed by atoms with Crippen molar-refractivity contribution in [1.82, 2.24) is 5.32 Å². The van der Waals surface area contributed by atoms with Crippen LogP contribution in [0.2, 0.25) is 0 Å². The number of para-hydroxylation sites is 1. The van der Waals surface area contributed by atoms with Gasteiger partial charge < -0.3 is 10.6 Å². The molecular weight excluding hydrogens is 249 g/mol. The molecule has 0 bridgehead atoms. The molecule has 0 spiro atoms. The molecular formula is C11H11F3N2S. The Morgan fingerprint density at radius 2 is 1.88 bits per heavy atom. The van der Waals surface area contributed by atoms with Gasteiger partial charge in [0.1, 0.15) is 0 Å². The fraction of sp³-hybridized carbons (Fsp3) is 0.364. The van der Waals surface area contributed by atoms with Crippen LogP contribution in [0.25, 0.3) is 0 Å². The lowest BCUT2D eigenvalue weighted by molar-refractivity contribution is -0.136. The van der Waals surface area contributed by atoms with Gasteiger partial charge in [-0.3, -0.25) is 0 Å². The summed E-state index contributed by atoms with van der Waals surface area (Å²) in [7, 11) is 0. The van der Waals surface area contributed by atoms with E-state index in [0.29, 0.717) is 6.04 Å². The zero-order valence-corrected chi connectivity index (χ0v) is 9.66. The van der Waals surface area contributed by atoms with Crippen molar-refractivity contribution in [3.05, 3.63) is 29.8 Å². The fourth-order valence-electron chi connectivity index (χ4n) is 1.41. The smallest absolute Gasteiger partial charge is 0.360 e. The third-order valence-corrected chi connectivity index (χ3v) is 2.61. The molecule has 0 heterocycles. The standard InChI is InChI=1S/C11H11F3N2S/c12-11(13,14)8-3-1-2-4-9(8)16-10(17)15-7-5-6-7/h1-4,7H,5-6H2,(H2,15,16,17). The Morgan fingerprint density at radius 1 is 1.24 bits per heavy atom. The van der Waals surface area contributed by atoms with Crippen molar-refractivity contribution >= 4 is 23.0 Å². The highest BCUT2D eigenvalue weighted by atomic mass is 32.1. The van der Waals surface area contributed by atoms with Gasteiger partial charge in [0.25, 0.3) is 0 Å². The molecule has 1 aliphatic carbocycles. The minimum absolute atomic E-state index is 0.0156. The molecule has 1 fully saturated rings. The van der Waals surface area contributed by atoms with Gasteiger partial charge in [0, 0.05) is 6.04 Å². The molecule has 1 aromatic rings. The highest BCUT2D eigenvalue weighted by Gasteiger charge is 2.33. The van der Waals surface area contributed by atoms with Gasteiger partial charge in [0.15, 0.2) is 5.11 Å². The summed E-state index contributed by atoms with van der Waals surface area (Å²) in [6, 6.07) is 5.60. The van der Waals surface area contributed by atoms with Gasteiger partial charge in [0.05, 0.1) is 11.3 Å². The molecule has 0 radical (unpaired) electrons. The van der Waals surface area contributed by atoms with Crippen molar-refractivity contribution in [3.63, 3.8) is 0 Å². The second kappa shape index (κ2) is 4.52. The predicted molar refractivity (Wildman–Crippen MR) is 63.8 cm³/mol. The lowest BCUT2D eigenvalue weighted by atomic mass is 10.2. The molecule has 0 atom stereocenters. The quantitative estimate of drug-likeness (QED) is 0.799. The Kier molecular flexibility index (Phi) is 3.24. The summed E-state index contributed by atoms with van der Waals surface area (Å²) in [6.07, 6.45) is -2.34. The van der Waals surface area contributed by atoms with Crippen LogP contribution in [0, 0.1) is 0 Å². The summed E-state index contributed by atoms with van der Waals surface area (Å²) in [6.45, 7) is 0. The van der Waals surface area contributed by atoms with E-state index in [0.717, 1.165) is 18.9 Å². The molecule has 0 aromatic heterocycles. The van der Waals surface area contributed by atoms with E-state index in [2.05, 4.69) is 10.6 Å². The largest absolute Gasteiger partial charge is 0.418 e.